The number of amides is 2. The molecule has 0 aliphatic rings. The van der Waals surface area contributed by atoms with Crippen molar-refractivity contribution < 1.29 is 27.5 Å². The second-order valence-electron chi connectivity index (χ2n) is 8.69. The fourth-order valence-electron chi connectivity index (χ4n) is 4.25. The molecule has 9 nitrogen and oxygen atoms in total. The van der Waals surface area contributed by atoms with E-state index in [1.165, 1.54) is 24.1 Å². The van der Waals surface area contributed by atoms with Gasteiger partial charge in [0.1, 0.15) is 24.1 Å². The molecule has 1 atom stereocenters. The van der Waals surface area contributed by atoms with Gasteiger partial charge in [-0.1, -0.05) is 49.4 Å². The van der Waals surface area contributed by atoms with Gasteiger partial charge in [0.05, 0.1) is 24.8 Å². The van der Waals surface area contributed by atoms with E-state index in [4.69, 9.17) is 9.47 Å². The molecule has 208 valence electrons. The smallest absolute Gasteiger partial charge is 0.264 e. The highest BCUT2D eigenvalue weighted by Gasteiger charge is 2.34. The van der Waals surface area contributed by atoms with Crippen LogP contribution in [0.5, 0.6) is 11.5 Å². The maximum absolute atomic E-state index is 14.0. The van der Waals surface area contributed by atoms with Crippen LogP contribution in [0.4, 0.5) is 5.69 Å². The number of para-hydroxylation sites is 2. The first kappa shape index (κ1) is 29.5. The van der Waals surface area contributed by atoms with Crippen molar-refractivity contribution in [3.05, 3.63) is 84.4 Å². The first-order valence-electron chi connectivity index (χ1n) is 12.7. The van der Waals surface area contributed by atoms with Gasteiger partial charge in [-0.3, -0.25) is 13.9 Å². The topological polar surface area (TPSA) is 105 Å². The molecule has 2 amide bonds. The van der Waals surface area contributed by atoms with Crippen LogP contribution < -0.4 is 19.1 Å². The van der Waals surface area contributed by atoms with Gasteiger partial charge in [-0.15, -0.1) is 0 Å². The molecule has 10 heteroatoms. The van der Waals surface area contributed by atoms with Crippen molar-refractivity contribution in [3.63, 3.8) is 0 Å². The Hall–Kier alpha value is -4.05. The van der Waals surface area contributed by atoms with Crippen molar-refractivity contribution in [3.8, 4) is 11.5 Å². The molecule has 0 heterocycles. The number of benzene rings is 3. The second-order valence-corrected chi connectivity index (χ2v) is 10.6. The van der Waals surface area contributed by atoms with Gasteiger partial charge in [-0.2, -0.15) is 0 Å². The summed E-state index contributed by atoms with van der Waals surface area (Å²) in [6.07, 6.45) is 0.335. The van der Waals surface area contributed by atoms with E-state index in [1.54, 1.807) is 74.7 Å². The quantitative estimate of drug-likeness (QED) is 0.345. The zero-order chi connectivity index (χ0) is 28.4. The van der Waals surface area contributed by atoms with Gasteiger partial charge in [0.25, 0.3) is 10.0 Å². The van der Waals surface area contributed by atoms with Crippen molar-refractivity contribution in [1.29, 1.82) is 0 Å². The van der Waals surface area contributed by atoms with Crippen molar-refractivity contribution in [2.75, 3.05) is 31.6 Å². The van der Waals surface area contributed by atoms with E-state index in [2.05, 4.69) is 5.32 Å². The third-order valence-electron chi connectivity index (χ3n) is 6.19. The summed E-state index contributed by atoms with van der Waals surface area (Å²) in [6.45, 7) is 3.54. The Labute approximate surface area is 230 Å². The first-order chi connectivity index (χ1) is 18.8. The summed E-state index contributed by atoms with van der Waals surface area (Å²) >= 11 is 0. The highest BCUT2D eigenvalue weighted by molar-refractivity contribution is 7.92. The number of sulfonamides is 1. The monoisotopic (exact) mass is 553 g/mol. The molecular weight excluding hydrogens is 518 g/mol. The average Bonchev–Trinajstić information content (AvgIpc) is 2.96. The zero-order valence-electron chi connectivity index (χ0n) is 22.7. The number of hydrogen-bond acceptors (Lipinski definition) is 6. The predicted octanol–water partition coefficient (Wildman–Crippen LogP) is 3.84. The van der Waals surface area contributed by atoms with Crippen LogP contribution in [0.25, 0.3) is 0 Å². The van der Waals surface area contributed by atoms with Crippen molar-refractivity contribution >= 4 is 27.5 Å². The van der Waals surface area contributed by atoms with Gasteiger partial charge in [0, 0.05) is 13.1 Å². The number of nitrogens with zero attached hydrogens (tertiary/aromatic N) is 2. The summed E-state index contributed by atoms with van der Waals surface area (Å²) in [7, 11) is -1.19. The van der Waals surface area contributed by atoms with Crippen LogP contribution in [0, 0.1) is 0 Å². The average molecular weight is 554 g/mol. The van der Waals surface area contributed by atoms with Crippen LogP contribution in [0.15, 0.2) is 83.8 Å². The molecule has 0 radical (unpaired) electrons. The molecule has 0 aliphatic heterocycles. The lowest BCUT2D eigenvalue weighted by atomic mass is 10.1. The van der Waals surface area contributed by atoms with Crippen LogP contribution in [0.2, 0.25) is 0 Å². The molecule has 3 rings (SSSR count). The number of likely N-dealkylation sites (N-methyl/N-ethyl adjacent to an activating group) is 1. The van der Waals surface area contributed by atoms with Gasteiger partial charge in [-0.05, 0) is 55.3 Å². The summed E-state index contributed by atoms with van der Waals surface area (Å²) < 4.78 is 39.6. The lowest BCUT2D eigenvalue weighted by molar-refractivity contribution is -0.140. The third-order valence-corrected chi connectivity index (χ3v) is 7.96. The SMILES string of the molecule is CCNC(=O)[C@@H](CC)N(Cc1cccc(OC)c1)C(=O)CN(c1ccccc1OC)S(=O)(=O)c1ccccc1. The number of ether oxygens (including phenoxy) is 2. The summed E-state index contributed by atoms with van der Waals surface area (Å²) in [5, 5.41) is 2.79. The fraction of sp³-hybridized carbons (Fsp3) is 0.310. The lowest BCUT2D eigenvalue weighted by Gasteiger charge is -2.33. The maximum atomic E-state index is 14.0. The van der Waals surface area contributed by atoms with Crippen molar-refractivity contribution in [2.45, 2.75) is 37.8 Å². The first-order valence-corrected chi connectivity index (χ1v) is 14.1. The summed E-state index contributed by atoms with van der Waals surface area (Å²) in [5.41, 5.74) is 0.949. The summed E-state index contributed by atoms with van der Waals surface area (Å²) in [5.74, 6) is 0.0421. The third kappa shape index (κ3) is 7.08. The number of rotatable bonds is 13. The second kappa shape index (κ2) is 13.7. The van der Waals surface area contributed by atoms with Crippen LogP contribution in [-0.4, -0.2) is 58.5 Å². The molecule has 1 N–H and O–H groups in total. The number of methoxy groups -OCH3 is 2. The van der Waals surface area contributed by atoms with E-state index < -0.39 is 28.5 Å². The largest absolute Gasteiger partial charge is 0.497 e. The van der Waals surface area contributed by atoms with E-state index in [9.17, 15) is 18.0 Å². The minimum absolute atomic E-state index is 0.0267. The van der Waals surface area contributed by atoms with E-state index in [0.29, 0.717) is 24.5 Å². The Morgan fingerprint density at radius 3 is 2.23 bits per heavy atom. The number of hydrogen-bond donors (Lipinski definition) is 1. The zero-order valence-corrected chi connectivity index (χ0v) is 23.5. The Bertz CT molecular complexity index is 1360. The normalized spacial score (nSPS) is 11.8. The molecule has 0 fully saturated rings. The van der Waals surface area contributed by atoms with E-state index in [0.717, 1.165) is 9.87 Å². The van der Waals surface area contributed by atoms with Crippen molar-refractivity contribution in [2.24, 2.45) is 0 Å². The highest BCUT2D eigenvalue weighted by Crippen LogP contribution is 2.32. The molecule has 0 aromatic heterocycles. The van der Waals surface area contributed by atoms with E-state index in [1.807, 2.05) is 13.0 Å². The molecule has 3 aromatic carbocycles. The molecule has 0 saturated carbocycles. The number of anilines is 1. The lowest BCUT2D eigenvalue weighted by Crippen LogP contribution is -2.52. The Morgan fingerprint density at radius 1 is 0.897 bits per heavy atom. The van der Waals surface area contributed by atoms with Gasteiger partial charge >= 0.3 is 0 Å². The standard InChI is InChI=1S/C29H35N3O6S/c1-5-25(29(34)30-6-2)31(20-22-13-12-14-23(19-22)37-3)28(33)21-32(26-17-10-11-18-27(26)38-4)39(35,36)24-15-8-7-9-16-24/h7-19,25H,5-6,20-21H2,1-4H3,(H,30,34)/t25-/m1/s1. The summed E-state index contributed by atoms with van der Waals surface area (Å²) in [4.78, 5) is 28.5. The number of nitrogens with one attached hydrogen (secondary N) is 1. The molecule has 0 unspecified atom stereocenters. The van der Waals surface area contributed by atoms with Gasteiger partial charge < -0.3 is 19.7 Å². The highest BCUT2D eigenvalue weighted by atomic mass is 32.2. The Morgan fingerprint density at radius 2 is 1.59 bits per heavy atom. The van der Waals surface area contributed by atoms with E-state index in [-0.39, 0.29) is 23.0 Å². The van der Waals surface area contributed by atoms with E-state index >= 15 is 0 Å². The Balaban J connectivity index is 2.09. The minimum Gasteiger partial charge on any atom is -0.497 e. The molecular formula is C29H35N3O6S. The molecule has 0 saturated heterocycles. The maximum Gasteiger partial charge on any atom is 0.264 e. The number of carbonyl (C=O) groups excluding carboxylic acids is 2. The molecule has 0 bridgehead atoms. The van der Waals surface area contributed by atoms with Crippen LogP contribution in [0.3, 0.4) is 0 Å². The Kier molecular flexibility index (Phi) is 10.3. The van der Waals surface area contributed by atoms with Crippen molar-refractivity contribution in [1.82, 2.24) is 10.2 Å². The number of carbonyl (C=O) groups is 2. The molecule has 3 aromatic rings. The fourth-order valence-corrected chi connectivity index (χ4v) is 5.69. The van der Waals surface area contributed by atoms with Gasteiger partial charge in [-0.25, -0.2) is 8.42 Å². The minimum atomic E-state index is -4.18. The molecule has 39 heavy (non-hydrogen) atoms. The van der Waals surface area contributed by atoms with Gasteiger partial charge in [0.2, 0.25) is 11.8 Å². The molecule has 0 aliphatic carbocycles. The van der Waals surface area contributed by atoms with Crippen LogP contribution >= 0.6 is 0 Å². The van der Waals surface area contributed by atoms with Gasteiger partial charge in [0.15, 0.2) is 0 Å². The predicted molar refractivity (Wildman–Crippen MR) is 150 cm³/mol. The molecule has 0 spiro atoms. The van der Waals surface area contributed by atoms with Crippen LogP contribution in [-0.2, 0) is 26.2 Å². The van der Waals surface area contributed by atoms with Crippen LogP contribution in [0.1, 0.15) is 25.8 Å². The summed E-state index contributed by atoms with van der Waals surface area (Å²) in [6, 6.07) is 20.9.